The summed E-state index contributed by atoms with van der Waals surface area (Å²) in [6, 6.07) is 4.77. The van der Waals surface area contributed by atoms with E-state index in [1.54, 1.807) is 17.0 Å². The fourth-order valence-electron chi connectivity index (χ4n) is 2.38. The van der Waals surface area contributed by atoms with E-state index in [9.17, 15) is 18.3 Å². The number of fused-ring (bicyclic) bond motifs is 1. The Kier molecular flexibility index (Phi) is 4.65. The van der Waals surface area contributed by atoms with Gasteiger partial charge in [-0.05, 0) is 43.5 Å². The number of hydrogen-bond donors (Lipinski definition) is 2. The number of aryl methyl sites for hydroxylation is 1. The van der Waals surface area contributed by atoms with Gasteiger partial charge in [0.15, 0.2) is 0 Å². The van der Waals surface area contributed by atoms with Crippen molar-refractivity contribution in [3.63, 3.8) is 0 Å². The minimum atomic E-state index is -3.64. The molecule has 1 aliphatic heterocycles. The van der Waals surface area contributed by atoms with E-state index in [2.05, 4.69) is 4.72 Å². The zero-order chi connectivity index (χ0) is 15.6. The third kappa shape index (κ3) is 3.61. The van der Waals surface area contributed by atoms with E-state index in [1.807, 2.05) is 0 Å². The van der Waals surface area contributed by atoms with Gasteiger partial charge in [-0.3, -0.25) is 4.79 Å². The number of carbonyl (C=O) groups is 1. The first-order valence-electron chi connectivity index (χ1n) is 6.90. The molecule has 0 fully saturated rings. The van der Waals surface area contributed by atoms with Crippen molar-refractivity contribution in [2.75, 3.05) is 18.0 Å². The monoisotopic (exact) mass is 312 g/mol. The van der Waals surface area contributed by atoms with E-state index in [0.29, 0.717) is 6.54 Å². The summed E-state index contributed by atoms with van der Waals surface area (Å²) in [4.78, 5) is 13.4. The van der Waals surface area contributed by atoms with Crippen molar-refractivity contribution in [3.8, 4) is 0 Å². The lowest BCUT2D eigenvalue weighted by Gasteiger charge is -2.28. The van der Waals surface area contributed by atoms with E-state index >= 15 is 0 Å². The molecule has 116 valence electrons. The number of aliphatic hydroxyl groups excluding tert-OH is 1. The zero-order valence-electron chi connectivity index (χ0n) is 12.2. The molecule has 0 saturated carbocycles. The molecule has 1 aromatic rings. The second kappa shape index (κ2) is 6.13. The van der Waals surface area contributed by atoms with Gasteiger partial charge in [0, 0.05) is 25.7 Å². The molecule has 1 aliphatic rings. The number of sulfonamides is 1. The van der Waals surface area contributed by atoms with Gasteiger partial charge in [-0.1, -0.05) is 0 Å². The van der Waals surface area contributed by atoms with Gasteiger partial charge in [0.05, 0.1) is 11.0 Å². The first kappa shape index (κ1) is 15.9. The normalized spacial score (nSPS) is 16.4. The third-order valence-corrected chi connectivity index (χ3v) is 4.85. The van der Waals surface area contributed by atoms with E-state index in [-0.39, 0.29) is 17.3 Å². The average Bonchev–Trinajstić information content (AvgIpc) is 2.43. The Bertz CT molecular complexity index is 640. The zero-order valence-corrected chi connectivity index (χ0v) is 13.0. The summed E-state index contributed by atoms with van der Waals surface area (Å²) < 4.78 is 26.6. The molecule has 1 aromatic carbocycles. The number of nitrogens with zero attached hydrogens (tertiary/aromatic N) is 1. The molecule has 7 heteroatoms. The van der Waals surface area contributed by atoms with Gasteiger partial charge >= 0.3 is 0 Å². The molecule has 1 atom stereocenters. The Morgan fingerprint density at radius 2 is 2.19 bits per heavy atom. The lowest BCUT2D eigenvalue weighted by molar-refractivity contribution is -0.116. The van der Waals surface area contributed by atoms with E-state index in [4.69, 9.17) is 0 Å². The summed E-state index contributed by atoms with van der Waals surface area (Å²) >= 11 is 0. The first-order chi connectivity index (χ1) is 9.81. The van der Waals surface area contributed by atoms with Crippen LogP contribution in [0.15, 0.2) is 23.1 Å². The van der Waals surface area contributed by atoms with E-state index in [1.165, 1.54) is 19.9 Å². The van der Waals surface area contributed by atoms with Gasteiger partial charge in [-0.25, -0.2) is 13.1 Å². The predicted octanol–water partition coefficient (Wildman–Crippen LogP) is 0.645. The fraction of sp³-hybridized carbons (Fsp3) is 0.500. The average molecular weight is 312 g/mol. The van der Waals surface area contributed by atoms with Gasteiger partial charge in [-0.2, -0.15) is 0 Å². The Morgan fingerprint density at radius 1 is 1.48 bits per heavy atom. The van der Waals surface area contributed by atoms with Crippen LogP contribution >= 0.6 is 0 Å². The van der Waals surface area contributed by atoms with Crippen LogP contribution in [0.1, 0.15) is 25.8 Å². The molecule has 2 N–H and O–H groups in total. The molecular weight excluding hydrogens is 292 g/mol. The highest BCUT2D eigenvalue weighted by atomic mass is 32.2. The molecule has 0 spiro atoms. The Balaban J connectivity index is 2.31. The maximum Gasteiger partial charge on any atom is 0.240 e. The van der Waals surface area contributed by atoms with Crippen LogP contribution in [0.4, 0.5) is 5.69 Å². The second-order valence-electron chi connectivity index (χ2n) is 5.27. The topological polar surface area (TPSA) is 86.7 Å². The number of benzene rings is 1. The van der Waals surface area contributed by atoms with Crippen LogP contribution in [0, 0.1) is 0 Å². The van der Waals surface area contributed by atoms with Crippen LogP contribution in [0.25, 0.3) is 0 Å². The van der Waals surface area contributed by atoms with Crippen LogP contribution in [0.5, 0.6) is 0 Å². The molecule has 0 radical (unpaired) electrons. The van der Waals surface area contributed by atoms with Gasteiger partial charge in [0.1, 0.15) is 0 Å². The number of hydrogen-bond acceptors (Lipinski definition) is 4. The molecule has 0 bridgehead atoms. The molecule has 21 heavy (non-hydrogen) atoms. The van der Waals surface area contributed by atoms with Crippen LogP contribution in [0.2, 0.25) is 0 Å². The number of nitrogens with one attached hydrogen (secondary N) is 1. The molecule has 0 aliphatic carbocycles. The molecule has 1 amide bonds. The minimum absolute atomic E-state index is 0.0288. The molecule has 0 aromatic heterocycles. The van der Waals surface area contributed by atoms with Crippen LogP contribution in [-0.2, 0) is 21.2 Å². The summed E-state index contributed by atoms with van der Waals surface area (Å²) in [5.41, 5.74) is 1.64. The summed E-state index contributed by atoms with van der Waals surface area (Å²) in [5.74, 6) is -0.0428. The van der Waals surface area contributed by atoms with Crippen molar-refractivity contribution in [1.82, 2.24) is 4.72 Å². The quantitative estimate of drug-likeness (QED) is 0.854. The Hall–Kier alpha value is -1.44. The van der Waals surface area contributed by atoms with E-state index in [0.717, 1.165) is 24.1 Å². The lowest BCUT2D eigenvalue weighted by atomic mass is 10.0. The van der Waals surface area contributed by atoms with Crippen molar-refractivity contribution in [1.29, 1.82) is 0 Å². The highest BCUT2D eigenvalue weighted by Crippen LogP contribution is 2.29. The fourth-order valence-corrected chi connectivity index (χ4v) is 3.55. The predicted molar refractivity (Wildman–Crippen MR) is 79.7 cm³/mol. The number of rotatable bonds is 4. The standard InChI is InChI=1S/C14H20N2O4S/c1-10(17)9-15-21(19,20)13-5-6-14-12(8-13)4-3-7-16(14)11(2)18/h5-6,8,10,15,17H,3-4,7,9H2,1-2H3/t10-/m0/s1. The Labute approximate surface area is 124 Å². The second-order valence-corrected chi connectivity index (χ2v) is 7.03. The van der Waals surface area contributed by atoms with Crippen LogP contribution < -0.4 is 9.62 Å². The van der Waals surface area contributed by atoms with Crippen molar-refractivity contribution in [3.05, 3.63) is 23.8 Å². The number of amides is 1. The highest BCUT2D eigenvalue weighted by Gasteiger charge is 2.23. The smallest absolute Gasteiger partial charge is 0.240 e. The van der Waals surface area contributed by atoms with Crippen LogP contribution in [-0.4, -0.2) is 38.6 Å². The lowest BCUT2D eigenvalue weighted by Crippen LogP contribution is -2.34. The number of anilines is 1. The summed E-state index contributed by atoms with van der Waals surface area (Å²) in [7, 11) is -3.64. The SMILES string of the molecule is CC(=O)N1CCCc2cc(S(=O)(=O)NC[C@H](C)O)ccc21. The number of aliphatic hydroxyl groups is 1. The van der Waals surface area contributed by atoms with Crippen molar-refractivity contribution in [2.24, 2.45) is 0 Å². The molecule has 1 heterocycles. The van der Waals surface area contributed by atoms with Gasteiger partial charge in [0.2, 0.25) is 15.9 Å². The molecule has 6 nitrogen and oxygen atoms in total. The van der Waals surface area contributed by atoms with Crippen molar-refractivity contribution < 1.29 is 18.3 Å². The molecule has 0 saturated heterocycles. The largest absolute Gasteiger partial charge is 0.392 e. The summed E-state index contributed by atoms with van der Waals surface area (Å²) in [6.45, 7) is 3.65. The maximum atomic E-state index is 12.1. The minimum Gasteiger partial charge on any atom is -0.392 e. The summed E-state index contributed by atoms with van der Waals surface area (Å²) in [5, 5.41) is 9.18. The Morgan fingerprint density at radius 3 is 2.81 bits per heavy atom. The third-order valence-electron chi connectivity index (χ3n) is 3.43. The van der Waals surface area contributed by atoms with Crippen LogP contribution in [0.3, 0.4) is 0 Å². The highest BCUT2D eigenvalue weighted by molar-refractivity contribution is 7.89. The van der Waals surface area contributed by atoms with Crippen molar-refractivity contribution in [2.45, 2.75) is 37.7 Å². The van der Waals surface area contributed by atoms with Gasteiger partial charge < -0.3 is 10.0 Å². The molecule has 0 unspecified atom stereocenters. The van der Waals surface area contributed by atoms with Crippen molar-refractivity contribution >= 4 is 21.6 Å². The maximum absolute atomic E-state index is 12.1. The van der Waals surface area contributed by atoms with Gasteiger partial charge in [-0.15, -0.1) is 0 Å². The van der Waals surface area contributed by atoms with Gasteiger partial charge in [0.25, 0.3) is 0 Å². The first-order valence-corrected chi connectivity index (χ1v) is 8.38. The number of carbonyl (C=O) groups excluding carboxylic acids is 1. The molecule has 2 rings (SSSR count). The molecular formula is C14H20N2O4S. The summed E-state index contributed by atoms with van der Waals surface area (Å²) in [6.07, 6.45) is 0.821. The van der Waals surface area contributed by atoms with E-state index < -0.39 is 16.1 Å².